The molecule has 43 heavy (non-hydrogen) atoms. The number of fused-ring (bicyclic) bond motifs is 1. The Hall–Kier alpha value is -4.66. The lowest BCUT2D eigenvalue weighted by Crippen LogP contribution is -2.31. The van der Waals surface area contributed by atoms with Gasteiger partial charge in [-0.15, -0.1) is 0 Å². The summed E-state index contributed by atoms with van der Waals surface area (Å²) in [7, 11) is 3.21. The number of ether oxygens (including phenoxy) is 4. The van der Waals surface area contributed by atoms with E-state index in [1.165, 1.54) is 0 Å². The highest BCUT2D eigenvalue weighted by molar-refractivity contribution is 6.00. The molecule has 9 heteroatoms. The monoisotopic (exact) mass is 585 g/mol. The van der Waals surface area contributed by atoms with Crippen molar-refractivity contribution in [1.82, 2.24) is 15.1 Å². The lowest BCUT2D eigenvalue weighted by molar-refractivity contribution is 0.0745. The standard InChI is InChI=1S/C34H39N3O6/c1-7-15-43-26-12-10-23(19-28(26)42-8-2)32-29-30(24-17-20(3)16-21(4)33(24)38)35-36-31(29)34(39)37(32)14-13-22-9-11-25(40-5)27(18-22)41-6/h9-12,16-19,32,38H,7-8,13-15H2,1-6H3,(H,35,36). The number of rotatable bonds is 12. The zero-order valence-electron chi connectivity index (χ0n) is 25.6. The van der Waals surface area contributed by atoms with Gasteiger partial charge in [-0.3, -0.25) is 9.89 Å². The van der Waals surface area contributed by atoms with Crippen LogP contribution >= 0.6 is 0 Å². The Balaban J connectivity index is 1.60. The van der Waals surface area contributed by atoms with Gasteiger partial charge in [0.05, 0.1) is 33.5 Å². The molecule has 0 bridgehead atoms. The number of aromatic amines is 1. The van der Waals surface area contributed by atoms with Crippen molar-refractivity contribution < 1.29 is 28.8 Å². The lowest BCUT2D eigenvalue weighted by Gasteiger charge is -2.27. The van der Waals surface area contributed by atoms with E-state index in [1.807, 2.05) is 74.2 Å². The van der Waals surface area contributed by atoms with Crippen LogP contribution in [0.3, 0.4) is 0 Å². The van der Waals surface area contributed by atoms with Crippen molar-refractivity contribution in [3.8, 4) is 40.0 Å². The molecular weight excluding hydrogens is 546 g/mol. The second kappa shape index (κ2) is 12.7. The third-order valence-electron chi connectivity index (χ3n) is 7.70. The molecule has 226 valence electrons. The number of phenolic OH excluding ortho intramolecular Hbond substituents is 1. The van der Waals surface area contributed by atoms with E-state index in [1.54, 1.807) is 14.2 Å². The molecule has 2 N–H and O–H groups in total. The van der Waals surface area contributed by atoms with E-state index in [2.05, 4.69) is 17.1 Å². The minimum atomic E-state index is -0.476. The molecule has 9 nitrogen and oxygen atoms in total. The molecule has 5 rings (SSSR count). The molecule has 0 aliphatic carbocycles. The number of methoxy groups -OCH3 is 2. The van der Waals surface area contributed by atoms with Gasteiger partial charge < -0.3 is 29.0 Å². The molecule has 1 unspecified atom stereocenters. The van der Waals surface area contributed by atoms with Crippen LogP contribution in [0, 0.1) is 13.8 Å². The van der Waals surface area contributed by atoms with E-state index < -0.39 is 6.04 Å². The summed E-state index contributed by atoms with van der Waals surface area (Å²) in [6, 6.07) is 15.0. The summed E-state index contributed by atoms with van der Waals surface area (Å²) in [5.74, 6) is 2.55. The van der Waals surface area contributed by atoms with Crippen molar-refractivity contribution in [2.24, 2.45) is 0 Å². The number of aromatic hydroxyl groups is 1. The van der Waals surface area contributed by atoms with Crippen LogP contribution in [0.5, 0.6) is 28.7 Å². The highest BCUT2D eigenvalue weighted by atomic mass is 16.5. The third kappa shape index (κ3) is 5.71. The SMILES string of the molecule is CCCOc1ccc(C2c3c(-c4cc(C)cc(C)c4O)n[nH]c3C(=O)N2CCc2ccc(OC)c(OC)c2)cc1OCC. The Morgan fingerprint density at radius 2 is 1.70 bits per heavy atom. The molecule has 0 radical (unpaired) electrons. The summed E-state index contributed by atoms with van der Waals surface area (Å²) in [4.78, 5) is 15.8. The lowest BCUT2D eigenvalue weighted by atomic mass is 9.93. The van der Waals surface area contributed by atoms with E-state index >= 15 is 0 Å². The van der Waals surface area contributed by atoms with Crippen molar-refractivity contribution in [1.29, 1.82) is 0 Å². The van der Waals surface area contributed by atoms with Crippen molar-refractivity contribution >= 4 is 5.91 Å². The zero-order valence-corrected chi connectivity index (χ0v) is 25.6. The van der Waals surface area contributed by atoms with E-state index in [9.17, 15) is 9.90 Å². The minimum absolute atomic E-state index is 0.146. The van der Waals surface area contributed by atoms with Gasteiger partial charge in [0, 0.05) is 17.7 Å². The maximum atomic E-state index is 14.0. The van der Waals surface area contributed by atoms with Gasteiger partial charge >= 0.3 is 0 Å². The highest BCUT2D eigenvalue weighted by Crippen LogP contribution is 2.46. The molecule has 1 aliphatic rings. The number of amides is 1. The molecule has 0 saturated carbocycles. The second-order valence-electron chi connectivity index (χ2n) is 10.7. The fourth-order valence-corrected chi connectivity index (χ4v) is 5.70. The van der Waals surface area contributed by atoms with Crippen LogP contribution in [-0.2, 0) is 6.42 Å². The number of nitrogens with one attached hydrogen (secondary N) is 1. The molecule has 1 amide bonds. The number of phenols is 1. The first kappa shape index (κ1) is 29.8. The first-order chi connectivity index (χ1) is 20.8. The van der Waals surface area contributed by atoms with E-state index in [0.29, 0.717) is 66.1 Å². The molecule has 4 aromatic rings. The minimum Gasteiger partial charge on any atom is -0.507 e. The smallest absolute Gasteiger partial charge is 0.273 e. The summed E-state index contributed by atoms with van der Waals surface area (Å²) in [5, 5.41) is 18.6. The molecule has 2 heterocycles. The Morgan fingerprint density at radius 3 is 2.42 bits per heavy atom. The largest absolute Gasteiger partial charge is 0.507 e. The van der Waals surface area contributed by atoms with E-state index in [-0.39, 0.29) is 11.7 Å². The van der Waals surface area contributed by atoms with Crippen LogP contribution in [-0.4, -0.2) is 60.1 Å². The average Bonchev–Trinajstić information content (AvgIpc) is 3.55. The maximum Gasteiger partial charge on any atom is 0.273 e. The summed E-state index contributed by atoms with van der Waals surface area (Å²) in [6.07, 6.45) is 1.45. The first-order valence-corrected chi connectivity index (χ1v) is 14.6. The number of carbonyl (C=O) groups excluding carboxylic acids is 1. The Labute approximate surface area is 252 Å². The molecule has 3 aromatic carbocycles. The average molecular weight is 586 g/mol. The molecule has 1 aromatic heterocycles. The molecule has 1 aliphatic heterocycles. The fourth-order valence-electron chi connectivity index (χ4n) is 5.70. The number of aryl methyl sites for hydroxylation is 2. The predicted molar refractivity (Wildman–Crippen MR) is 165 cm³/mol. The van der Waals surface area contributed by atoms with Gasteiger partial charge in [0.1, 0.15) is 17.1 Å². The number of nitrogens with zero attached hydrogens (tertiary/aromatic N) is 2. The van der Waals surface area contributed by atoms with Crippen molar-refractivity contribution in [2.45, 2.75) is 46.6 Å². The van der Waals surface area contributed by atoms with Crippen molar-refractivity contribution in [3.63, 3.8) is 0 Å². The maximum absolute atomic E-state index is 14.0. The van der Waals surface area contributed by atoms with Gasteiger partial charge in [0.25, 0.3) is 5.91 Å². The van der Waals surface area contributed by atoms with Gasteiger partial charge in [-0.2, -0.15) is 5.10 Å². The Morgan fingerprint density at radius 1 is 0.930 bits per heavy atom. The van der Waals surface area contributed by atoms with Gasteiger partial charge in [-0.25, -0.2) is 0 Å². The van der Waals surface area contributed by atoms with Gasteiger partial charge in [-0.1, -0.05) is 25.1 Å². The Bertz CT molecular complexity index is 1630. The number of hydrogen-bond donors (Lipinski definition) is 2. The number of benzene rings is 3. The summed E-state index contributed by atoms with van der Waals surface area (Å²) in [5.41, 5.74) is 5.87. The summed E-state index contributed by atoms with van der Waals surface area (Å²) in [6.45, 7) is 9.29. The van der Waals surface area contributed by atoms with Gasteiger partial charge in [-0.05, 0) is 86.2 Å². The number of H-pyrrole nitrogens is 1. The molecular formula is C34H39N3O6. The van der Waals surface area contributed by atoms with Crippen LogP contribution in [0.25, 0.3) is 11.3 Å². The van der Waals surface area contributed by atoms with E-state index in [0.717, 1.165) is 34.2 Å². The van der Waals surface area contributed by atoms with Crippen molar-refractivity contribution in [2.75, 3.05) is 34.0 Å². The second-order valence-corrected chi connectivity index (χ2v) is 10.7. The molecule has 0 spiro atoms. The highest BCUT2D eigenvalue weighted by Gasteiger charge is 2.42. The summed E-state index contributed by atoms with van der Waals surface area (Å²) >= 11 is 0. The molecule has 1 atom stereocenters. The Kier molecular flexibility index (Phi) is 8.80. The van der Waals surface area contributed by atoms with Gasteiger partial charge in [0.2, 0.25) is 0 Å². The number of hydrogen-bond acceptors (Lipinski definition) is 7. The van der Waals surface area contributed by atoms with Crippen LogP contribution in [0.1, 0.15) is 64.6 Å². The number of aromatic nitrogens is 2. The quantitative estimate of drug-likeness (QED) is 0.198. The third-order valence-corrected chi connectivity index (χ3v) is 7.70. The first-order valence-electron chi connectivity index (χ1n) is 14.6. The van der Waals surface area contributed by atoms with Gasteiger partial charge in [0.15, 0.2) is 23.0 Å². The molecule has 0 saturated heterocycles. The van der Waals surface area contributed by atoms with Crippen LogP contribution in [0.2, 0.25) is 0 Å². The van der Waals surface area contributed by atoms with Crippen molar-refractivity contribution in [3.05, 3.63) is 82.0 Å². The molecule has 0 fully saturated rings. The van der Waals surface area contributed by atoms with Crippen LogP contribution in [0.4, 0.5) is 0 Å². The zero-order chi connectivity index (χ0) is 30.7. The summed E-state index contributed by atoms with van der Waals surface area (Å²) < 4.78 is 22.8. The van der Waals surface area contributed by atoms with Crippen LogP contribution in [0.15, 0.2) is 48.5 Å². The van der Waals surface area contributed by atoms with Crippen LogP contribution < -0.4 is 18.9 Å². The van der Waals surface area contributed by atoms with E-state index in [4.69, 9.17) is 18.9 Å². The normalized spacial score (nSPS) is 14.1. The number of carbonyl (C=O) groups is 1. The fraction of sp³-hybridized carbons (Fsp3) is 0.353. The predicted octanol–water partition coefficient (Wildman–Crippen LogP) is 6.39. The topological polar surface area (TPSA) is 106 Å².